The molecule has 1 aliphatic rings. The van der Waals surface area contributed by atoms with Crippen LogP contribution in [0.15, 0.2) is 30.3 Å². The fraction of sp³-hybridized carbons (Fsp3) is 0.500. The maximum absolute atomic E-state index is 9.17. The lowest BCUT2D eigenvalue weighted by Crippen LogP contribution is -2.18. The van der Waals surface area contributed by atoms with E-state index in [9.17, 15) is 5.11 Å². The Bertz CT molecular complexity index is 296. The molecule has 0 saturated heterocycles. The van der Waals surface area contributed by atoms with Crippen molar-refractivity contribution in [3.8, 4) is 0 Å². The first-order chi connectivity index (χ1) is 6.83. The van der Waals surface area contributed by atoms with E-state index in [0.717, 1.165) is 6.42 Å². The number of rotatable bonds is 4. The van der Waals surface area contributed by atoms with Crippen molar-refractivity contribution in [2.45, 2.75) is 11.8 Å². The topological polar surface area (TPSA) is 29.5 Å². The second-order valence-electron chi connectivity index (χ2n) is 4.04. The van der Waals surface area contributed by atoms with Gasteiger partial charge in [-0.3, -0.25) is 0 Å². The van der Waals surface area contributed by atoms with Gasteiger partial charge in [0.1, 0.15) is 0 Å². The summed E-state index contributed by atoms with van der Waals surface area (Å²) in [5.74, 6) is 0.379. The molecule has 1 fully saturated rings. The Hall–Kier alpha value is -0.860. The van der Waals surface area contributed by atoms with Crippen molar-refractivity contribution >= 4 is 0 Å². The summed E-state index contributed by atoms with van der Waals surface area (Å²) < 4.78 is 5.24. The Morgan fingerprint density at radius 3 is 2.64 bits per heavy atom. The summed E-state index contributed by atoms with van der Waals surface area (Å²) >= 11 is 0. The first-order valence-electron chi connectivity index (χ1n) is 4.99. The molecule has 2 heteroatoms. The van der Waals surface area contributed by atoms with Crippen LogP contribution in [0, 0.1) is 5.92 Å². The van der Waals surface area contributed by atoms with Crippen molar-refractivity contribution in [3.63, 3.8) is 0 Å². The van der Waals surface area contributed by atoms with E-state index in [1.807, 2.05) is 18.2 Å². The van der Waals surface area contributed by atoms with Gasteiger partial charge in [0.05, 0.1) is 6.61 Å². The third kappa shape index (κ3) is 1.45. The molecule has 1 aromatic rings. The number of aliphatic hydroxyl groups is 1. The Balaban J connectivity index is 2.22. The Morgan fingerprint density at radius 1 is 1.43 bits per heavy atom. The average molecular weight is 192 g/mol. The molecule has 1 aromatic carbocycles. The van der Waals surface area contributed by atoms with Crippen LogP contribution < -0.4 is 0 Å². The third-order valence-electron chi connectivity index (χ3n) is 3.20. The van der Waals surface area contributed by atoms with E-state index in [-0.39, 0.29) is 12.0 Å². The lowest BCUT2D eigenvalue weighted by Gasteiger charge is -2.16. The largest absolute Gasteiger partial charge is 0.396 e. The van der Waals surface area contributed by atoms with Crippen molar-refractivity contribution in [3.05, 3.63) is 35.9 Å². The monoisotopic (exact) mass is 192 g/mol. The summed E-state index contributed by atoms with van der Waals surface area (Å²) in [4.78, 5) is 0. The summed E-state index contributed by atoms with van der Waals surface area (Å²) in [6.07, 6.45) is 1.04. The number of benzene rings is 1. The molecular weight excluding hydrogens is 176 g/mol. The molecule has 0 aromatic heterocycles. The molecule has 0 bridgehead atoms. The summed E-state index contributed by atoms with van der Waals surface area (Å²) in [6.45, 7) is 0.973. The van der Waals surface area contributed by atoms with Crippen LogP contribution in [0.3, 0.4) is 0 Å². The molecule has 2 rings (SSSR count). The average Bonchev–Trinajstić information content (AvgIpc) is 2.95. The van der Waals surface area contributed by atoms with E-state index < -0.39 is 0 Å². The van der Waals surface area contributed by atoms with E-state index in [1.54, 1.807) is 7.11 Å². The lowest BCUT2D eigenvalue weighted by molar-refractivity contribution is 0.155. The normalized spacial score (nSPS) is 30.3. The third-order valence-corrected chi connectivity index (χ3v) is 3.20. The van der Waals surface area contributed by atoms with Crippen LogP contribution in [0.25, 0.3) is 0 Å². The minimum atomic E-state index is 0.0881. The van der Waals surface area contributed by atoms with Crippen molar-refractivity contribution in [1.29, 1.82) is 0 Å². The van der Waals surface area contributed by atoms with Gasteiger partial charge in [-0.25, -0.2) is 0 Å². The summed E-state index contributed by atoms with van der Waals surface area (Å²) in [5.41, 5.74) is 1.38. The molecule has 2 atom stereocenters. The van der Waals surface area contributed by atoms with Crippen LogP contribution in [-0.2, 0) is 10.2 Å². The number of ether oxygens (including phenoxy) is 1. The van der Waals surface area contributed by atoms with E-state index in [0.29, 0.717) is 12.5 Å². The minimum Gasteiger partial charge on any atom is -0.396 e. The van der Waals surface area contributed by atoms with Crippen molar-refractivity contribution in [2.75, 3.05) is 20.3 Å². The highest BCUT2D eigenvalue weighted by molar-refractivity contribution is 5.33. The fourth-order valence-corrected chi connectivity index (χ4v) is 2.26. The van der Waals surface area contributed by atoms with Crippen LogP contribution in [0.1, 0.15) is 12.0 Å². The van der Waals surface area contributed by atoms with E-state index >= 15 is 0 Å². The van der Waals surface area contributed by atoms with E-state index in [1.165, 1.54) is 5.56 Å². The highest BCUT2D eigenvalue weighted by atomic mass is 16.5. The first-order valence-corrected chi connectivity index (χ1v) is 4.99. The predicted octanol–water partition coefficient (Wildman–Crippen LogP) is 1.58. The number of aliphatic hydroxyl groups excluding tert-OH is 1. The molecular formula is C12H16O2. The Labute approximate surface area is 84.5 Å². The summed E-state index contributed by atoms with van der Waals surface area (Å²) in [7, 11) is 1.72. The smallest absolute Gasteiger partial charge is 0.0562 e. The van der Waals surface area contributed by atoms with E-state index in [2.05, 4.69) is 12.1 Å². The zero-order valence-electron chi connectivity index (χ0n) is 8.44. The highest BCUT2D eigenvalue weighted by Crippen LogP contribution is 2.53. The predicted molar refractivity (Wildman–Crippen MR) is 55.2 cm³/mol. The molecule has 0 aliphatic heterocycles. The molecule has 1 N–H and O–H groups in total. The number of hydrogen-bond acceptors (Lipinski definition) is 2. The van der Waals surface area contributed by atoms with Gasteiger partial charge in [0.15, 0.2) is 0 Å². The quantitative estimate of drug-likeness (QED) is 0.785. The molecule has 76 valence electrons. The van der Waals surface area contributed by atoms with Crippen molar-refractivity contribution in [1.82, 2.24) is 0 Å². The molecule has 0 heterocycles. The van der Waals surface area contributed by atoms with Gasteiger partial charge in [-0.15, -0.1) is 0 Å². The van der Waals surface area contributed by atoms with Crippen LogP contribution in [0.4, 0.5) is 0 Å². The van der Waals surface area contributed by atoms with Crippen LogP contribution in [0.2, 0.25) is 0 Å². The highest BCUT2D eigenvalue weighted by Gasteiger charge is 2.54. The number of methoxy groups -OCH3 is 1. The Kier molecular flexibility index (Phi) is 2.57. The standard InChI is InChI=1S/C12H16O2/c1-14-9-12(7-11(12)8-13)10-5-3-2-4-6-10/h2-6,11,13H,7-9H2,1H3. The van der Waals surface area contributed by atoms with Crippen LogP contribution >= 0.6 is 0 Å². The molecule has 1 saturated carbocycles. The zero-order valence-corrected chi connectivity index (χ0v) is 8.44. The van der Waals surface area contributed by atoms with Gasteiger partial charge in [0.2, 0.25) is 0 Å². The van der Waals surface area contributed by atoms with Gasteiger partial charge in [-0.2, -0.15) is 0 Å². The van der Waals surface area contributed by atoms with Gasteiger partial charge in [-0.1, -0.05) is 30.3 Å². The molecule has 0 spiro atoms. The van der Waals surface area contributed by atoms with Gasteiger partial charge >= 0.3 is 0 Å². The van der Waals surface area contributed by atoms with Crippen LogP contribution in [0.5, 0.6) is 0 Å². The van der Waals surface area contributed by atoms with Gasteiger partial charge in [0.25, 0.3) is 0 Å². The second kappa shape index (κ2) is 3.71. The van der Waals surface area contributed by atoms with Crippen molar-refractivity contribution < 1.29 is 9.84 Å². The maximum atomic E-state index is 9.17. The van der Waals surface area contributed by atoms with Gasteiger partial charge < -0.3 is 9.84 Å². The Morgan fingerprint density at radius 2 is 2.14 bits per heavy atom. The second-order valence-corrected chi connectivity index (χ2v) is 4.04. The minimum absolute atomic E-state index is 0.0881. The molecule has 2 unspecified atom stereocenters. The molecule has 0 amide bonds. The molecule has 2 nitrogen and oxygen atoms in total. The van der Waals surface area contributed by atoms with Crippen LogP contribution in [-0.4, -0.2) is 25.4 Å². The molecule has 14 heavy (non-hydrogen) atoms. The van der Waals surface area contributed by atoms with E-state index in [4.69, 9.17) is 4.74 Å². The summed E-state index contributed by atoms with van der Waals surface area (Å²) in [5, 5.41) is 9.17. The van der Waals surface area contributed by atoms with Gasteiger partial charge in [-0.05, 0) is 17.9 Å². The number of hydrogen-bond donors (Lipinski definition) is 1. The van der Waals surface area contributed by atoms with Gasteiger partial charge in [0, 0.05) is 19.1 Å². The fourth-order valence-electron chi connectivity index (χ4n) is 2.26. The SMILES string of the molecule is COCC1(c2ccccc2)CC1CO. The van der Waals surface area contributed by atoms with Crippen molar-refractivity contribution in [2.24, 2.45) is 5.92 Å². The lowest BCUT2D eigenvalue weighted by atomic mass is 9.94. The first kappa shape index (κ1) is 9.69. The molecule has 0 radical (unpaired) electrons. The zero-order chi connectivity index (χ0) is 10.0. The molecule has 1 aliphatic carbocycles. The summed E-state index contributed by atoms with van der Waals surface area (Å²) in [6, 6.07) is 10.3. The maximum Gasteiger partial charge on any atom is 0.0562 e.